The zero-order chi connectivity index (χ0) is 14.2. The second-order valence-electron chi connectivity index (χ2n) is 4.24. The third kappa shape index (κ3) is 4.11. The Balaban J connectivity index is 2.18. The van der Waals surface area contributed by atoms with E-state index in [-0.39, 0.29) is 24.3 Å². The second-order valence-corrected chi connectivity index (χ2v) is 5.41. The summed E-state index contributed by atoms with van der Waals surface area (Å²) < 4.78 is 0. The van der Waals surface area contributed by atoms with Crippen molar-refractivity contribution >= 4 is 17.7 Å². The zero-order valence-corrected chi connectivity index (χ0v) is 11.8. The minimum atomic E-state index is -0.315. The van der Waals surface area contributed by atoms with Gasteiger partial charge >= 0.3 is 0 Å². The Labute approximate surface area is 123 Å². The molecule has 0 aliphatic carbocycles. The molecule has 0 fully saturated rings. The minimum absolute atomic E-state index is 0.0523. The smallest absolute Gasteiger partial charge is 0.238 e. The van der Waals surface area contributed by atoms with E-state index in [1.807, 2.05) is 60.7 Å². The number of hydrogen-bond acceptors (Lipinski definition) is 3. The quantitative estimate of drug-likeness (QED) is 0.803. The molecule has 4 heteroatoms. The highest BCUT2D eigenvalue weighted by Crippen LogP contribution is 2.35. The Hall–Kier alpha value is -1.78. The highest BCUT2D eigenvalue weighted by Gasteiger charge is 2.21. The van der Waals surface area contributed by atoms with Crippen molar-refractivity contribution in [1.29, 1.82) is 0 Å². The lowest BCUT2D eigenvalue weighted by atomic mass is 10.1. The Morgan fingerprint density at radius 3 is 2.25 bits per heavy atom. The number of hydrogen-bond donors (Lipinski definition) is 2. The fourth-order valence-electron chi connectivity index (χ4n) is 1.81. The summed E-state index contributed by atoms with van der Waals surface area (Å²) in [6, 6.07) is 19.5. The maximum absolute atomic E-state index is 12.3. The van der Waals surface area contributed by atoms with Gasteiger partial charge in [-0.25, -0.2) is 0 Å². The zero-order valence-electron chi connectivity index (χ0n) is 11.0. The van der Waals surface area contributed by atoms with Gasteiger partial charge in [0.05, 0.1) is 6.61 Å². The maximum Gasteiger partial charge on any atom is 0.238 e. The molecule has 1 amide bonds. The molecule has 0 aromatic heterocycles. The van der Waals surface area contributed by atoms with Crippen LogP contribution in [-0.4, -0.2) is 24.2 Å². The topological polar surface area (TPSA) is 49.3 Å². The van der Waals surface area contributed by atoms with Crippen molar-refractivity contribution in [2.24, 2.45) is 0 Å². The van der Waals surface area contributed by atoms with E-state index in [0.717, 1.165) is 10.5 Å². The van der Waals surface area contributed by atoms with Crippen molar-refractivity contribution in [1.82, 2.24) is 5.32 Å². The average Bonchev–Trinajstić information content (AvgIpc) is 2.52. The van der Waals surface area contributed by atoms with Crippen LogP contribution >= 0.6 is 11.8 Å². The van der Waals surface area contributed by atoms with E-state index < -0.39 is 0 Å². The summed E-state index contributed by atoms with van der Waals surface area (Å²) in [7, 11) is 0. The van der Waals surface area contributed by atoms with Crippen LogP contribution in [0.15, 0.2) is 65.6 Å². The van der Waals surface area contributed by atoms with Gasteiger partial charge in [0, 0.05) is 11.4 Å². The second kappa shape index (κ2) is 7.72. The lowest BCUT2D eigenvalue weighted by Crippen LogP contribution is -2.30. The van der Waals surface area contributed by atoms with E-state index in [1.165, 1.54) is 11.8 Å². The molecule has 2 aromatic carbocycles. The molecule has 0 aliphatic rings. The summed E-state index contributed by atoms with van der Waals surface area (Å²) in [5, 5.41) is 11.3. The van der Waals surface area contributed by atoms with Crippen LogP contribution < -0.4 is 5.32 Å². The van der Waals surface area contributed by atoms with E-state index in [2.05, 4.69) is 5.32 Å². The number of rotatable bonds is 6. The highest BCUT2D eigenvalue weighted by molar-refractivity contribution is 8.00. The van der Waals surface area contributed by atoms with Gasteiger partial charge in [-0.15, -0.1) is 11.8 Å². The monoisotopic (exact) mass is 287 g/mol. The van der Waals surface area contributed by atoms with Crippen LogP contribution in [0.4, 0.5) is 0 Å². The summed E-state index contributed by atoms with van der Waals surface area (Å²) in [6.07, 6.45) is 0. The van der Waals surface area contributed by atoms with Crippen molar-refractivity contribution in [3.63, 3.8) is 0 Å². The van der Waals surface area contributed by atoms with Gasteiger partial charge in [-0.1, -0.05) is 48.5 Å². The lowest BCUT2D eigenvalue weighted by molar-refractivity contribution is -0.120. The largest absolute Gasteiger partial charge is 0.395 e. The van der Waals surface area contributed by atoms with Crippen LogP contribution in [0.1, 0.15) is 10.8 Å². The Morgan fingerprint density at radius 2 is 1.65 bits per heavy atom. The van der Waals surface area contributed by atoms with Gasteiger partial charge in [0.15, 0.2) is 0 Å². The van der Waals surface area contributed by atoms with Crippen molar-refractivity contribution in [3.8, 4) is 0 Å². The molecule has 0 saturated heterocycles. The third-order valence-electron chi connectivity index (χ3n) is 2.75. The first-order valence-electron chi connectivity index (χ1n) is 6.46. The molecule has 0 saturated carbocycles. The normalized spacial score (nSPS) is 11.8. The van der Waals surface area contributed by atoms with E-state index in [0.29, 0.717) is 0 Å². The number of benzene rings is 2. The summed E-state index contributed by atoms with van der Waals surface area (Å²) in [5.41, 5.74) is 0.955. The third-order valence-corrected chi connectivity index (χ3v) is 4.01. The van der Waals surface area contributed by atoms with Crippen molar-refractivity contribution in [3.05, 3.63) is 66.2 Å². The van der Waals surface area contributed by atoms with E-state index in [9.17, 15) is 4.79 Å². The number of aliphatic hydroxyl groups excluding tert-OH is 1. The summed E-state index contributed by atoms with van der Waals surface area (Å²) in [6.45, 7) is 0.223. The highest BCUT2D eigenvalue weighted by atomic mass is 32.2. The molecule has 2 aromatic rings. The molecule has 0 spiro atoms. The number of aliphatic hydroxyl groups is 1. The van der Waals surface area contributed by atoms with Crippen molar-refractivity contribution < 1.29 is 9.90 Å². The molecular weight excluding hydrogens is 270 g/mol. The first kappa shape index (κ1) is 14.6. The van der Waals surface area contributed by atoms with Crippen LogP contribution in [0.2, 0.25) is 0 Å². The SMILES string of the molecule is O=C(NCCO)C(Sc1ccccc1)c1ccccc1. The van der Waals surface area contributed by atoms with Gasteiger partial charge in [0.2, 0.25) is 5.91 Å². The summed E-state index contributed by atoms with van der Waals surface area (Å²) >= 11 is 1.51. The Kier molecular flexibility index (Phi) is 5.65. The molecule has 2 N–H and O–H groups in total. The molecule has 1 unspecified atom stereocenters. The van der Waals surface area contributed by atoms with Crippen LogP contribution in [0.3, 0.4) is 0 Å². The van der Waals surface area contributed by atoms with Gasteiger partial charge < -0.3 is 10.4 Å². The molecule has 0 radical (unpaired) electrons. The van der Waals surface area contributed by atoms with Gasteiger partial charge in [-0.2, -0.15) is 0 Å². The molecule has 104 valence electrons. The molecule has 2 rings (SSSR count). The minimum Gasteiger partial charge on any atom is -0.395 e. The van der Waals surface area contributed by atoms with Crippen LogP contribution in [-0.2, 0) is 4.79 Å². The molecule has 3 nitrogen and oxygen atoms in total. The van der Waals surface area contributed by atoms with Crippen LogP contribution in [0.5, 0.6) is 0 Å². The van der Waals surface area contributed by atoms with Crippen molar-refractivity contribution in [2.75, 3.05) is 13.2 Å². The average molecular weight is 287 g/mol. The fraction of sp³-hybridized carbons (Fsp3) is 0.188. The van der Waals surface area contributed by atoms with Crippen molar-refractivity contribution in [2.45, 2.75) is 10.1 Å². The van der Waals surface area contributed by atoms with Gasteiger partial charge in [0.1, 0.15) is 5.25 Å². The summed E-state index contributed by atoms with van der Waals surface area (Å²) in [5.74, 6) is -0.0842. The molecule has 1 atom stereocenters. The molecule has 20 heavy (non-hydrogen) atoms. The Bertz CT molecular complexity index is 531. The van der Waals surface area contributed by atoms with Gasteiger partial charge in [-0.05, 0) is 17.7 Å². The predicted molar refractivity (Wildman–Crippen MR) is 81.6 cm³/mol. The van der Waals surface area contributed by atoms with Gasteiger partial charge in [-0.3, -0.25) is 4.79 Å². The van der Waals surface area contributed by atoms with Crippen LogP contribution in [0, 0.1) is 0 Å². The number of nitrogens with one attached hydrogen (secondary N) is 1. The van der Waals surface area contributed by atoms with E-state index in [1.54, 1.807) is 0 Å². The fourth-order valence-corrected chi connectivity index (χ4v) is 2.88. The molecular formula is C16H17NO2S. The maximum atomic E-state index is 12.3. The molecule has 0 aliphatic heterocycles. The van der Waals surface area contributed by atoms with E-state index in [4.69, 9.17) is 5.11 Å². The van der Waals surface area contributed by atoms with Gasteiger partial charge in [0.25, 0.3) is 0 Å². The van der Waals surface area contributed by atoms with Crippen LogP contribution in [0.25, 0.3) is 0 Å². The number of thioether (sulfide) groups is 1. The first-order valence-corrected chi connectivity index (χ1v) is 7.34. The standard InChI is InChI=1S/C16H17NO2S/c18-12-11-17-16(19)15(13-7-3-1-4-8-13)20-14-9-5-2-6-10-14/h1-10,15,18H,11-12H2,(H,17,19). The summed E-state index contributed by atoms with van der Waals surface area (Å²) in [4.78, 5) is 13.3. The first-order chi connectivity index (χ1) is 9.81. The predicted octanol–water partition coefficient (Wildman–Crippen LogP) is 2.63. The Morgan fingerprint density at radius 1 is 1.05 bits per heavy atom. The number of carbonyl (C=O) groups excluding carboxylic acids is 1. The molecule has 0 bridgehead atoms. The number of carbonyl (C=O) groups is 1. The molecule has 0 heterocycles. The van der Waals surface area contributed by atoms with E-state index >= 15 is 0 Å². The number of amides is 1. The lowest BCUT2D eigenvalue weighted by Gasteiger charge is -2.16.